The van der Waals surface area contributed by atoms with Crippen LogP contribution in [0.4, 0.5) is 0 Å². The fourth-order valence-electron chi connectivity index (χ4n) is 2.72. The third kappa shape index (κ3) is 2.83. The molecule has 1 aromatic rings. The van der Waals surface area contributed by atoms with Crippen molar-refractivity contribution in [3.05, 3.63) is 23.3 Å². The quantitative estimate of drug-likeness (QED) is 0.868. The van der Waals surface area contributed by atoms with Crippen LogP contribution in [0.2, 0.25) is 0 Å². The Labute approximate surface area is 104 Å². The molecule has 94 valence electrons. The van der Waals surface area contributed by atoms with Crippen molar-refractivity contribution in [3.8, 4) is 0 Å². The van der Waals surface area contributed by atoms with Crippen LogP contribution < -0.4 is 5.32 Å². The lowest BCUT2D eigenvalue weighted by molar-refractivity contribution is 0.582. The zero-order valence-electron chi connectivity index (χ0n) is 11.2. The van der Waals surface area contributed by atoms with Crippen molar-refractivity contribution >= 4 is 0 Å². The SMILES string of the molecule is CCNC(C)c1cnc(C2CCCC2)nc1C. The van der Waals surface area contributed by atoms with Gasteiger partial charge in [0.25, 0.3) is 0 Å². The Kier molecular flexibility index (Phi) is 4.11. The summed E-state index contributed by atoms with van der Waals surface area (Å²) >= 11 is 0. The highest BCUT2D eigenvalue weighted by atomic mass is 14.9. The minimum Gasteiger partial charge on any atom is -0.310 e. The molecule has 1 unspecified atom stereocenters. The first kappa shape index (κ1) is 12.5. The van der Waals surface area contributed by atoms with Crippen molar-refractivity contribution in [2.45, 2.75) is 58.4 Å². The molecule has 0 spiro atoms. The number of rotatable bonds is 4. The van der Waals surface area contributed by atoms with Gasteiger partial charge in [-0.05, 0) is 33.2 Å². The topological polar surface area (TPSA) is 37.8 Å². The number of aryl methyl sites for hydroxylation is 1. The number of hydrogen-bond acceptors (Lipinski definition) is 3. The summed E-state index contributed by atoms with van der Waals surface area (Å²) in [4.78, 5) is 9.28. The summed E-state index contributed by atoms with van der Waals surface area (Å²) in [5, 5.41) is 3.41. The van der Waals surface area contributed by atoms with Crippen LogP contribution in [-0.2, 0) is 0 Å². The minimum atomic E-state index is 0.345. The number of nitrogens with one attached hydrogen (secondary N) is 1. The van der Waals surface area contributed by atoms with Crippen LogP contribution in [0.5, 0.6) is 0 Å². The molecular weight excluding hydrogens is 210 g/mol. The highest BCUT2D eigenvalue weighted by Gasteiger charge is 2.20. The predicted octanol–water partition coefficient (Wildman–Crippen LogP) is 3.11. The molecule has 1 aromatic heterocycles. The fraction of sp³-hybridized carbons (Fsp3) is 0.714. The van der Waals surface area contributed by atoms with Crippen molar-refractivity contribution < 1.29 is 0 Å². The van der Waals surface area contributed by atoms with Crippen LogP contribution in [0.1, 0.15) is 68.6 Å². The molecule has 1 atom stereocenters. The second kappa shape index (κ2) is 5.58. The fourth-order valence-corrected chi connectivity index (χ4v) is 2.72. The van der Waals surface area contributed by atoms with E-state index in [1.165, 1.54) is 31.2 Å². The van der Waals surface area contributed by atoms with Crippen molar-refractivity contribution in [3.63, 3.8) is 0 Å². The van der Waals surface area contributed by atoms with Gasteiger partial charge >= 0.3 is 0 Å². The summed E-state index contributed by atoms with van der Waals surface area (Å²) in [6, 6.07) is 0.345. The second-order valence-corrected chi connectivity index (χ2v) is 5.03. The maximum atomic E-state index is 4.71. The van der Waals surface area contributed by atoms with E-state index in [1.807, 2.05) is 6.20 Å². The van der Waals surface area contributed by atoms with Gasteiger partial charge in [-0.25, -0.2) is 9.97 Å². The summed E-state index contributed by atoms with van der Waals surface area (Å²) in [7, 11) is 0. The average Bonchev–Trinajstić information content (AvgIpc) is 2.82. The summed E-state index contributed by atoms with van der Waals surface area (Å²) < 4.78 is 0. The van der Waals surface area contributed by atoms with Gasteiger partial charge in [0.15, 0.2) is 0 Å². The van der Waals surface area contributed by atoms with E-state index in [9.17, 15) is 0 Å². The number of hydrogen-bond donors (Lipinski definition) is 1. The summed E-state index contributed by atoms with van der Waals surface area (Å²) in [5.41, 5.74) is 2.36. The molecule has 1 N–H and O–H groups in total. The van der Waals surface area contributed by atoms with E-state index in [1.54, 1.807) is 0 Å². The van der Waals surface area contributed by atoms with E-state index in [0.29, 0.717) is 12.0 Å². The van der Waals surface area contributed by atoms with E-state index >= 15 is 0 Å². The smallest absolute Gasteiger partial charge is 0.131 e. The molecule has 0 radical (unpaired) electrons. The molecule has 0 aromatic carbocycles. The van der Waals surface area contributed by atoms with Gasteiger partial charge in [0.05, 0.1) is 0 Å². The predicted molar refractivity (Wildman–Crippen MR) is 70.1 cm³/mol. The standard InChI is InChI=1S/C14H23N3/c1-4-15-10(2)13-9-16-14(17-11(13)3)12-7-5-6-8-12/h9-10,12,15H,4-8H2,1-3H3. The van der Waals surface area contributed by atoms with Gasteiger partial charge in [-0.3, -0.25) is 0 Å². The molecule has 17 heavy (non-hydrogen) atoms. The molecule has 1 heterocycles. The summed E-state index contributed by atoms with van der Waals surface area (Å²) in [6.45, 7) is 7.37. The molecule has 1 fully saturated rings. The van der Waals surface area contributed by atoms with E-state index in [4.69, 9.17) is 4.98 Å². The molecule has 0 amide bonds. The summed E-state index contributed by atoms with van der Waals surface area (Å²) in [6.07, 6.45) is 7.22. The first-order chi connectivity index (χ1) is 8.22. The van der Waals surface area contributed by atoms with Crippen LogP contribution in [0.3, 0.4) is 0 Å². The van der Waals surface area contributed by atoms with Crippen molar-refractivity contribution in [2.75, 3.05) is 6.54 Å². The lowest BCUT2D eigenvalue weighted by atomic mass is 10.1. The van der Waals surface area contributed by atoms with Crippen LogP contribution in [0.25, 0.3) is 0 Å². The lowest BCUT2D eigenvalue weighted by Crippen LogP contribution is -2.20. The Morgan fingerprint density at radius 3 is 2.71 bits per heavy atom. The first-order valence-electron chi connectivity index (χ1n) is 6.79. The maximum Gasteiger partial charge on any atom is 0.131 e. The van der Waals surface area contributed by atoms with Gasteiger partial charge < -0.3 is 5.32 Å². The van der Waals surface area contributed by atoms with E-state index in [-0.39, 0.29) is 0 Å². The van der Waals surface area contributed by atoms with E-state index in [0.717, 1.165) is 18.1 Å². The molecule has 0 aliphatic heterocycles. The highest BCUT2D eigenvalue weighted by Crippen LogP contribution is 2.32. The molecule has 0 saturated heterocycles. The molecule has 0 bridgehead atoms. The first-order valence-corrected chi connectivity index (χ1v) is 6.79. The van der Waals surface area contributed by atoms with Crippen LogP contribution in [0, 0.1) is 6.92 Å². The van der Waals surface area contributed by atoms with Crippen molar-refractivity contribution in [1.29, 1.82) is 0 Å². The Morgan fingerprint density at radius 2 is 2.12 bits per heavy atom. The zero-order valence-corrected chi connectivity index (χ0v) is 11.2. The van der Waals surface area contributed by atoms with Crippen LogP contribution in [-0.4, -0.2) is 16.5 Å². The summed E-state index contributed by atoms with van der Waals surface area (Å²) in [5.74, 6) is 1.67. The molecule has 1 aliphatic carbocycles. The van der Waals surface area contributed by atoms with Gasteiger partial charge in [-0.2, -0.15) is 0 Å². The number of nitrogens with zero attached hydrogens (tertiary/aromatic N) is 2. The molecule has 1 aliphatic rings. The number of aromatic nitrogens is 2. The minimum absolute atomic E-state index is 0.345. The van der Waals surface area contributed by atoms with Gasteiger partial charge in [-0.15, -0.1) is 0 Å². The zero-order chi connectivity index (χ0) is 12.3. The Bertz CT molecular complexity index is 370. The Balaban J connectivity index is 2.16. The van der Waals surface area contributed by atoms with Gasteiger partial charge in [-0.1, -0.05) is 19.8 Å². The maximum absolute atomic E-state index is 4.71. The van der Waals surface area contributed by atoms with E-state index in [2.05, 4.69) is 31.1 Å². The molecular formula is C14H23N3. The monoisotopic (exact) mass is 233 g/mol. The normalized spacial score (nSPS) is 18.5. The molecule has 1 saturated carbocycles. The second-order valence-electron chi connectivity index (χ2n) is 5.03. The Morgan fingerprint density at radius 1 is 1.41 bits per heavy atom. The third-order valence-electron chi connectivity index (χ3n) is 3.73. The van der Waals surface area contributed by atoms with Crippen LogP contribution in [0.15, 0.2) is 6.20 Å². The van der Waals surface area contributed by atoms with Gasteiger partial charge in [0.1, 0.15) is 5.82 Å². The molecule has 3 heteroatoms. The highest BCUT2D eigenvalue weighted by molar-refractivity contribution is 5.21. The van der Waals surface area contributed by atoms with Crippen LogP contribution >= 0.6 is 0 Å². The van der Waals surface area contributed by atoms with Crippen molar-refractivity contribution in [1.82, 2.24) is 15.3 Å². The largest absolute Gasteiger partial charge is 0.310 e. The van der Waals surface area contributed by atoms with E-state index < -0.39 is 0 Å². The average molecular weight is 233 g/mol. The van der Waals surface area contributed by atoms with Crippen molar-refractivity contribution in [2.24, 2.45) is 0 Å². The van der Waals surface area contributed by atoms with Gasteiger partial charge in [0, 0.05) is 29.4 Å². The molecule has 2 rings (SSSR count). The third-order valence-corrected chi connectivity index (χ3v) is 3.73. The Hall–Kier alpha value is -0.960. The lowest BCUT2D eigenvalue weighted by Gasteiger charge is -2.16. The molecule has 3 nitrogen and oxygen atoms in total. The van der Waals surface area contributed by atoms with Gasteiger partial charge in [0.2, 0.25) is 0 Å².